The van der Waals surface area contributed by atoms with Gasteiger partial charge in [0.2, 0.25) is 0 Å². The molecular weight excluding hydrogens is 370 g/mol. The van der Waals surface area contributed by atoms with E-state index in [1.807, 2.05) is 42.5 Å². The predicted octanol–water partition coefficient (Wildman–Crippen LogP) is 4.02. The van der Waals surface area contributed by atoms with Crippen molar-refractivity contribution in [1.82, 2.24) is 29.5 Å². The maximum atomic E-state index is 4.49. The Morgan fingerprint density at radius 1 is 1.07 bits per heavy atom. The molecule has 0 aliphatic heterocycles. The molecule has 28 heavy (non-hydrogen) atoms. The lowest BCUT2D eigenvalue weighted by molar-refractivity contribution is 0.888. The van der Waals surface area contributed by atoms with Gasteiger partial charge in [-0.15, -0.1) is 21.5 Å². The molecule has 0 fully saturated rings. The van der Waals surface area contributed by atoms with Crippen molar-refractivity contribution < 1.29 is 0 Å². The first-order valence-corrected chi connectivity index (χ1v) is 9.78. The summed E-state index contributed by atoms with van der Waals surface area (Å²) in [7, 11) is 0. The zero-order valence-corrected chi connectivity index (χ0v) is 16.2. The average Bonchev–Trinajstić information content (AvgIpc) is 3.31. The number of benzene rings is 1. The van der Waals surface area contributed by atoms with Crippen LogP contribution in [0.2, 0.25) is 0 Å². The molecule has 0 aliphatic rings. The first kappa shape index (κ1) is 16.8. The van der Waals surface area contributed by atoms with Gasteiger partial charge in [0.25, 0.3) is 5.78 Å². The maximum absolute atomic E-state index is 4.49. The van der Waals surface area contributed by atoms with E-state index in [9.17, 15) is 0 Å². The van der Waals surface area contributed by atoms with Crippen LogP contribution in [0.25, 0.3) is 27.1 Å². The van der Waals surface area contributed by atoms with Crippen LogP contribution in [0, 0.1) is 13.8 Å². The van der Waals surface area contributed by atoms with Gasteiger partial charge >= 0.3 is 0 Å². The molecule has 8 heteroatoms. The Kier molecular flexibility index (Phi) is 3.98. The normalized spacial score (nSPS) is 11.4. The maximum Gasteiger partial charge on any atom is 0.255 e. The van der Waals surface area contributed by atoms with Gasteiger partial charge in [-0.2, -0.15) is 0 Å². The van der Waals surface area contributed by atoms with Crippen molar-refractivity contribution in [2.75, 3.05) is 5.32 Å². The highest BCUT2D eigenvalue weighted by Gasteiger charge is 2.15. The van der Waals surface area contributed by atoms with Crippen LogP contribution in [0.15, 0.2) is 48.1 Å². The molecule has 138 valence electrons. The second-order valence-corrected chi connectivity index (χ2v) is 7.42. The molecule has 0 saturated heterocycles. The van der Waals surface area contributed by atoms with Crippen molar-refractivity contribution in [1.29, 1.82) is 0 Å². The van der Waals surface area contributed by atoms with Crippen molar-refractivity contribution in [3.05, 3.63) is 65.3 Å². The monoisotopic (exact) mass is 387 g/mol. The van der Waals surface area contributed by atoms with E-state index in [0.717, 1.165) is 44.4 Å². The molecule has 0 spiro atoms. The van der Waals surface area contributed by atoms with E-state index in [2.05, 4.69) is 48.0 Å². The van der Waals surface area contributed by atoms with Crippen LogP contribution in [0.4, 0.5) is 5.82 Å². The molecule has 0 atom stereocenters. The van der Waals surface area contributed by atoms with Crippen LogP contribution in [0.5, 0.6) is 0 Å². The zero-order valence-electron chi connectivity index (χ0n) is 15.4. The van der Waals surface area contributed by atoms with Crippen molar-refractivity contribution in [3.8, 4) is 11.1 Å². The Morgan fingerprint density at radius 3 is 2.79 bits per heavy atom. The highest BCUT2D eigenvalue weighted by molar-refractivity contribution is 7.17. The van der Waals surface area contributed by atoms with Crippen molar-refractivity contribution in [2.45, 2.75) is 20.4 Å². The van der Waals surface area contributed by atoms with Crippen LogP contribution in [0.1, 0.15) is 17.2 Å². The fourth-order valence-electron chi connectivity index (χ4n) is 3.41. The van der Waals surface area contributed by atoms with Gasteiger partial charge in [0.05, 0.1) is 11.9 Å². The third-order valence-corrected chi connectivity index (χ3v) is 5.52. The quantitative estimate of drug-likeness (QED) is 0.502. The summed E-state index contributed by atoms with van der Waals surface area (Å²) in [5, 5.41) is 15.1. The topological polar surface area (TPSA) is 80.9 Å². The minimum Gasteiger partial charge on any atom is -0.362 e. The van der Waals surface area contributed by atoms with E-state index in [1.54, 1.807) is 17.7 Å². The molecule has 5 aromatic rings. The summed E-state index contributed by atoms with van der Waals surface area (Å²) >= 11 is 1.62. The number of hydrogen-bond donors (Lipinski definition) is 1. The van der Waals surface area contributed by atoms with Crippen LogP contribution in [-0.2, 0) is 6.54 Å². The highest BCUT2D eigenvalue weighted by atomic mass is 32.1. The lowest BCUT2D eigenvalue weighted by atomic mass is 10.1. The first-order valence-electron chi connectivity index (χ1n) is 8.90. The van der Waals surface area contributed by atoms with Crippen molar-refractivity contribution in [3.63, 3.8) is 0 Å². The molecule has 4 aromatic heterocycles. The SMILES string of the molecule is Cc1cc(C)n2c(CNc3ncnc4scc(-c5ccccc5)c34)nnc2n1. The molecule has 1 N–H and O–H groups in total. The second kappa shape index (κ2) is 6.65. The molecule has 5 rings (SSSR count). The molecule has 7 nitrogen and oxygen atoms in total. The Balaban J connectivity index is 1.54. The van der Waals surface area contributed by atoms with E-state index in [1.165, 1.54) is 0 Å². The summed E-state index contributed by atoms with van der Waals surface area (Å²) in [6.45, 7) is 4.48. The largest absolute Gasteiger partial charge is 0.362 e. The molecule has 0 bridgehead atoms. The van der Waals surface area contributed by atoms with Crippen LogP contribution >= 0.6 is 11.3 Å². The predicted molar refractivity (Wildman–Crippen MR) is 110 cm³/mol. The smallest absolute Gasteiger partial charge is 0.255 e. The number of aryl methyl sites for hydroxylation is 2. The van der Waals surface area contributed by atoms with Gasteiger partial charge < -0.3 is 5.32 Å². The number of fused-ring (bicyclic) bond motifs is 2. The Hall–Kier alpha value is -3.39. The molecular formula is C20H17N7S. The summed E-state index contributed by atoms with van der Waals surface area (Å²) in [5.41, 5.74) is 4.26. The van der Waals surface area contributed by atoms with Gasteiger partial charge in [0.1, 0.15) is 17.0 Å². The fraction of sp³-hybridized carbons (Fsp3) is 0.150. The lowest BCUT2D eigenvalue weighted by Crippen LogP contribution is -2.08. The van der Waals surface area contributed by atoms with E-state index in [-0.39, 0.29) is 0 Å². The minimum absolute atomic E-state index is 0.489. The Labute approximate surface area is 165 Å². The number of hydrogen-bond acceptors (Lipinski definition) is 7. The Morgan fingerprint density at radius 2 is 1.93 bits per heavy atom. The van der Waals surface area contributed by atoms with Crippen LogP contribution < -0.4 is 5.32 Å². The standard InChI is InChI=1S/C20H17N7S/c1-12-8-13(2)27-16(25-26-20(27)24-12)9-21-18-17-15(14-6-4-3-5-7-14)10-28-19(17)23-11-22-18/h3-8,10-11H,9H2,1-2H3,(H,21,22,23). The summed E-state index contributed by atoms with van der Waals surface area (Å²) in [5.74, 6) is 2.20. The van der Waals surface area contributed by atoms with Crippen LogP contribution in [-0.4, -0.2) is 29.5 Å². The number of rotatable bonds is 4. The third kappa shape index (κ3) is 2.78. The summed E-state index contributed by atoms with van der Waals surface area (Å²) in [6, 6.07) is 12.3. The number of nitrogens with one attached hydrogen (secondary N) is 1. The van der Waals surface area contributed by atoms with Gasteiger partial charge in [-0.3, -0.25) is 4.40 Å². The lowest BCUT2D eigenvalue weighted by Gasteiger charge is -2.09. The summed E-state index contributed by atoms with van der Waals surface area (Å²) in [6.07, 6.45) is 1.59. The van der Waals surface area contributed by atoms with E-state index >= 15 is 0 Å². The first-order chi connectivity index (χ1) is 13.7. The molecule has 0 aliphatic carbocycles. The number of nitrogens with zero attached hydrogens (tertiary/aromatic N) is 6. The summed E-state index contributed by atoms with van der Waals surface area (Å²) in [4.78, 5) is 14.3. The highest BCUT2D eigenvalue weighted by Crippen LogP contribution is 2.36. The average molecular weight is 387 g/mol. The van der Waals surface area contributed by atoms with Gasteiger partial charge in [0, 0.05) is 22.3 Å². The van der Waals surface area contributed by atoms with E-state index < -0.39 is 0 Å². The number of anilines is 1. The summed E-state index contributed by atoms with van der Waals surface area (Å²) < 4.78 is 1.96. The van der Waals surface area contributed by atoms with Crippen molar-refractivity contribution >= 4 is 33.1 Å². The van der Waals surface area contributed by atoms with Crippen LogP contribution in [0.3, 0.4) is 0 Å². The molecule has 4 heterocycles. The second-order valence-electron chi connectivity index (χ2n) is 6.56. The van der Waals surface area contributed by atoms with Crippen molar-refractivity contribution in [2.24, 2.45) is 0 Å². The van der Waals surface area contributed by atoms with E-state index in [0.29, 0.717) is 12.3 Å². The zero-order chi connectivity index (χ0) is 19.1. The Bertz CT molecular complexity index is 1290. The molecule has 0 saturated carbocycles. The minimum atomic E-state index is 0.489. The molecule has 0 unspecified atom stereocenters. The third-order valence-electron chi connectivity index (χ3n) is 4.63. The molecule has 0 radical (unpaired) electrons. The fourth-order valence-corrected chi connectivity index (χ4v) is 4.33. The van der Waals surface area contributed by atoms with Gasteiger partial charge in [-0.1, -0.05) is 30.3 Å². The molecule has 1 aromatic carbocycles. The number of thiophene rings is 1. The molecule has 0 amide bonds. The van der Waals surface area contributed by atoms with Gasteiger partial charge in [-0.05, 0) is 25.5 Å². The number of aromatic nitrogens is 6. The van der Waals surface area contributed by atoms with Gasteiger partial charge in [-0.25, -0.2) is 15.0 Å². The van der Waals surface area contributed by atoms with E-state index in [4.69, 9.17) is 0 Å². The van der Waals surface area contributed by atoms with Gasteiger partial charge in [0.15, 0.2) is 5.82 Å².